The molecule has 4 nitrogen and oxygen atoms in total. The molecule has 4 heteroatoms. The molecule has 0 atom stereocenters. The first kappa shape index (κ1) is 9.96. The standard InChI is InChI=1S/C11H14N2O2/c1-6(12)9-7-4-2-3-5-8(7)10(14)13-11(9)15/h12H,2-5H2,1H3,(H2,13,14,15). The summed E-state index contributed by atoms with van der Waals surface area (Å²) in [7, 11) is 0. The van der Waals surface area contributed by atoms with Crippen molar-refractivity contribution in [1.29, 1.82) is 5.41 Å². The van der Waals surface area contributed by atoms with Crippen LogP contribution in [-0.4, -0.2) is 15.8 Å². The molecule has 15 heavy (non-hydrogen) atoms. The highest BCUT2D eigenvalue weighted by Crippen LogP contribution is 2.27. The maximum atomic E-state index is 11.6. The van der Waals surface area contributed by atoms with Crippen molar-refractivity contribution in [1.82, 2.24) is 4.98 Å². The van der Waals surface area contributed by atoms with Gasteiger partial charge in [-0.15, -0.1) is 0 Å². The van der Waals surface area contributed by atoms with Gasteiger partial charge < -0.3 is 10.5 Å². The fraction of sp³-hybridized carbons (Fsp3) is 0.455. The summed E-state index contributed by atoms with van der Waals surface area (Å²) in [6.45, 7) is 1.61. The zero-order chi connectivity index (χ0) is 11.0. The van der Waals surface area contributed by atoms with Crippen molar-refractivity contribution in [2.75, 3.05) is 0 Å². The minimum atomic E-state index is -0.347. The molecule has 1 heterocycles. The van der Waals surface area contributed by atoms with Crippen LogP contribution in [0, 0.1) is 5.41 Å². The van der Waals surface area contributed by atoms with Crippen molar-refractivity contribution in [2.45, 2.75) is 32.6 Å². The molecule has 0 unspecified atom stereocenters. The molecule has 0 saturated carbocycles. The van der Waals surface area contributed by atoms with Gasteiger partial charge in [-0.2, -0.15) is 0 Å². The van der Waals surface area contributed by atoms with Gasteiger partial charge in [0.15, 0.2) is 5.88 Å². The highest BCUT2D eigenvalue weighted by molar-refractivity contribution is 5.97. The average Bonchev–Trinajstić information content (AvgIpc) is 2.17. The van der Waals surface area contributed by atoms with Gasteiger partial charge in [0, 0.05) is 11.3 Å². The van der Waals surface area contributed by atoms with Gasteiger partial charge in [-0.05, 0) is 38.2 Å². The SMILES string of the molecule is CC(=N)c1c2c(c(O)[nH]c1=O)CCCC2. The number of hydrogen-bond acceptors (Lipinski definition) is 3. The van der Waals surface area contributed by atoms with Gasteiger partial charge in [-0.1, -0.05) is 0 Å². The summed E-state index contributed by atoms with van der Waals surface area (Å²) in [5.41, 5.74) is 2.06. The molecule has 2 rings (SSSR count). The van der Waals surface area contributed by atoms with Crippen LogP contribution in [0.2, 0.25) is 0 Å². The van der Waals surface area contributed by atoms with Crippen LogP contribution in [0.15, 0.2) is 4.79 Å². The lowest BCUT2D eigenvalue weighted by Gasteiger charge is -2.19. The molecule has 0 aliphatic heterocycles. The summed E-state index contributed by atoms with van der Waals surface area (Å²) in [5.74, 6) is -0.0142. The number of rotatable bonds is 1. The second kappa shape index (κ2) is 3.53. The van der Waals surface area contributed by atoms with E-state index in [4.69, 9.17) is 5.41 Å². The predicted molar refractivity (Wildman–Crippen MR) is 57.9 cm³/mol. The number of nitrogens with one attached hydrogen (secondary N) is 2. The third kappa shape index (κ3) is 1.56. The molecule has 0 saturated heterocycles. The van der Waals surface area contributed by atoms with E-state index in [1.165, 1.54) is 0 Å². The van der Waals surface area contributed by atoms with E-state index in [0.717, 1.165) is 36.8 Å². The molecule has 1 aliphatic carbocycles. The van der Waals surface area contributed by atoms with Gasteiger partial charge in [0.1, 0.15) is 0 Å². The molecule has 1 aromatic heterocycles. The van der Waals surface area contributed by atoms with Crippen LogP contribution in [0.4, 0.5) is 0 Å². The van der Waals surface area contributed by atoms with Crippen LogP contribution >= 0.6 is 0 Å². The number of aromatic hydroxyl groups is 1. The second-order valence-corrected chi connectivity index (χ2v) is 3.97. The largest absolute Gasteiger partial charge is 0.494 e. The zero-order valence-electron chi connectivity index (χ0n) is 8.68. The van der Waals surface area contributed by atoms with Gasteiger partial charge in [0.2, 0.25) is 0 Å². The Morgan fingerprint density at radius 2 is 1.93 bits per heavy atom. The van der Waals surface area contributed by atoms with Gasteiger partial charge >= 0.3 is 0 Å². The summed E-state index contributed by atoms with van der Waals surface area (Å²) in [5, 5.41) is 17.2. The van der Waals surface area contributed by atoms with Gasteiger partial charge in [-0.3, -0.25) is 9.78 Å². The molecule has 0 spiro atoms. The van der Waals surface area contributed by atoms with E-state index in [-0.39, 0.29) is 17.2 Å². The van der Waals surface area contributed by atoms with Crippen molar-refractivity contribution >= 4 is 5.71 Å². The molecule has 1 aliphatic rings. The van der Waals surface area contributed by atoms with Gasteiger partial charge in [0.05, 0.1) is 5.56 Å². The Hall–Kier alpha value is -1.58. The molecule has 3 N–H and O–H groups in total. The van der Waals surface area contributed by atoms with E-state index in [2.05, 4.69) is 4.98 Å². The summed E-state index contributed by atoms with van der Waals surface area (Å²) >= 11 is 0. The van der Waals surface area contributed by atoms with E-state index in [1.54, 1.807) is 6.92 Å². The zero-order valence-corrected chi connectivity index (χ0v) is 8.68. The lowest BCUT2D eigenvalue weighted by molar-refractivity contribution is 0.438. The van der Waals surface area contributed by atoms with E-state index in [9.17, 15) is 9.90 Å². The smallest absolute Gasteiger partial charge is 0.260 e. The fourth-order valence-corrected chi connectivity index (χ4v) is 2.22. The minimum Gasteiger partial charge on any atom is -0.494 e. The summed E-state index contributed by atoms with van der Waals surface area (Å²) in [4.78, 5) is 14.0. The molecule has 1 aromatic rings. The lowest BCUT2D eigenvalue weighted by atomic mass is 9.88. The van der Waals surface area contributed by atoms with Crippen LogP contribution in [-0.2, 0) is 12.8 Å². The van der Waals surface area contributed by atoms with Crippen molar-refractivity contribution in [3.05, 3.63) is 27.0 Å². The second-order valence-electron chi connectivity index (χ2n) is 3.97. The van der Waals surface area contributed by atoms with Crippen LogP contribution in [0.1, 0.15) is 36.5 Å². The van der Waals surface area contributed by atoms with Crippen LogP contribution < -0.4 is 5.56 Å². The summed E-state index contributed by atoms with van der Waals surface area (Å²) in [6, 6.07) is 0. The highest BCUT2D eigenvalue weighted by Gasteiger charge is 2.20. The maximum absolute atomic E-state index is 11.6. The predicted octanol–water partition coefficient (Wildman–Crippen LogP) is 1.35. The molecule has 80 valence electrons. The van der Waals surface area contributed by atoms with Crippen LogP contribution in [0.25, 0.3) is 0 Å². The van der Waals surface area contributed by atoms with Crippen molar-refractivity contribution in [2.24, 2.45) is 0 Å². The first-order valence-corrected chi connectivity index (χ1v) is 5.13. The maximum Gasteiger partial charge on any atom is 0.260 e. The minimum absolute atomic E-state index is 0.0142. The lowest BCUT2D eigenvalue weighted by Crippen LogP contribution is -2.22. The number of aromatic amines is 1. The molecule has 0 radical (unpaired) electrons. The fourth-order valence-electron chi connectivity index (χ4n) is 2.22. The van der Waals surface area contributed by atoms with Gasteiger partial charge in [0.25, 0.3) is 5.56 Å². The third-order valence-electron chi connectivity index (χ3n) is 2.89. The Morgan fingerprint density at radius 1 is 1.33 bits per heavy atom. The Morgan fingerprint density at radius 3 is 2.53 bits per heavy atom. The van der Waals surface area contributed by atoms with Crippen molar-refractivity contribution < 1.29 is 5.11 Å². The molecule has 0 fully saturated rings. The molecule has 0 aromatic carbocycles. The monoisotopic (exact) mass is 206 g/mol. The van der Waals surface area contributed by atoms with E-state index < -0.39 is 0 Å². The Bertz CT molecular complexity index is 474. The van der Waals surface area contributed by atoms with E-state index >= 15 is 0 Å². The third-order valence-corrected chi connectivity index (χ3v) is 2.89. The normalized spacial score (nSPS) is 14.7. The quantitative estimate of drug-likeness (QED) is 0.606. The number of aromatic nitrogens is 1. The first-order chi connectivity index (χ1) is 7.11. The number of hydrogen-bond donors (Lipinski definition) is 3. The Balaban J connectivity index is 2.74. The average molecular weight is 206 g/mol. The summed E-state index contributed by atoms with van der Waals surface area (Å²) < 4.78 is 0. The topological polar surface area (TPSA) is 76.9 Å². The molecular formula is C11H14N2O2. The van der Waals surface area contributed by atoms with Crippen molar-refractivity contribution in [3.63, 3.8) is 0 Å². The highest BCUT2D eigenvalue weighted by atomic mass is 16.3. The summed E-state index contributed by atoms with van der Waals surface area (Å²) in [6.07, 6.45) is 3.63. The first-order valence-electron chi connectivity index (χ1n) is 5.13. The van der Waals surface area contributed by atoms with E-state index in [0.29, 0.717) is 5.56 Å². The van der Waals surface area contributed by atoms with E-state index in [1.807, 2.05) is 0 Å². The number of fused-ring (bicyclic) bond motifs is 1. The number of pyridine rings is 1. The molecular weight excluding hydrogens is 192 g/mol. The molecule has 0 bridgehead atoms. The van der Waals surface area contributed by atoms with Crippen LogP contribution in [0.3, 0.4) is 0 Å². The Labute approximate surface area is 87.5 Å². The van der Waals surface area contributed by atoms with Crippen molar-refractivity contribution in [3.8, 4) is 5.88 Å². The van der Waals surface area contributed by atoms with Gasteiger partial charge in [-0.25, -0.2) is 0 Å². The number of H-pyrrole nitrogens is 1. The molecule has 0 amide bonds. The van der Waals surface area contributed by atoms with Crippen LogP contribution in [0.5, 0.6) is 5.88 Å². The Kier molecular flexibility index (Phi) is 2.34.